The third kappa shape index (κ3) is 6.72. The summed E-state index contributed by atoms with van der Waals surface area (Å²) in [6.07, 6.45) is 4.18. The summed E-state index contributed by atoms with van der Waals surface area (Å²) in [5.74, 6) is 0.978. The Bertz CT molecular complexity index is 683. The molecule has 2 heterocycles. The molecule has 1 aromatic rings. The first-order valence-corrected chi connectivity index (χ1v) is 10.8. The quantitative estimate of drug-likeness (QED) is 0.494. The van der Waals surface area contributed by atoms with Gasteiger partial charge < -0.3 is 21.1 Å². The Morgan fingerprint density at radius 2 is 1.86 bits per heavy atom. The number of likely N-dealkylation sites (tertiary alicyclic amines) is 2. The van der Waals surface area contributed by atoms with Gasteiger partial charge in [-0.1, -0.05) is 24.3 Å². The van der Waals surface area contributed by atoms with Gasteiger partial charge in [0.25, 0.3) is 0 Å². The van der Waals surface area contributed by atoms with E-state index in [9.17, 15) is 9.90 Å². The maximum Gasteiger partial charge on any atom is 0.217 e. The van der Waals surface area contributed by atoms with E-state index in [0.29, 0.717) is 12.3 Å². The first-order chi connectivity index (χ1) is 14.0. The fraction of sp³-hybridized carbons (Fsp3) is 0.636. The summed E-state index contributed by atoms with van der Waals surface area (Å²) < 4.78 is 0. The molecule has 7 nitrogen and oxygen atoms in total. The van der Waals surface area contributed by atoms with Crippen LogP contribution in [0, 0.1) is 5.92 Å². The SMILES string of the molecule is CN=C(NCc1ccc(CN2CCC(O)CC2)cc1)N1CCCC(CC(N)=O)C1. The Balaban J connectivity index is 1.47. The number of aliphatic imine (C=N–C) groups is 1. The van der Waals surface area contributed by atoms with Gasteiger partial charge in [-0.3, -0.25) is 14.7 Å². The average Bonchev–Trinajstić information content (AvgIpc) is 2.71. The summed E-state index contributed by atoms with van der Waals surface area (Å²) in [7, 11) is 1.80. The zero-order valence-corrected chi connectivity index (χ0v) is 17.5. The van der Waals surface area contributed by atoms with Gasteiger partial charge in [0.1, 0.15) is 0 Å². The number of carbonyl (C=O) groups is 1. The van der Waals surface area contributed by atoms with Gasteiger partial charge in [0.05, 0.1) is 6.10 Å². The van der Waals surface area contributed by atoms with Crippen LogP contribution in [0.15, 0.2) is 29.3 Å². The molecule has 2 aliphatic rings. The van der Waals surface area contributed by atoms with E-state index in [-0.39, 0.29) is 12.0 Å². The molecule has 4 N–H and O–H groups in total. The lowest BCUT2D eigenvalue weighted by molar-refractivity contribution is -0.119. The Kier molecular flexibility index (Phi) is 7.89. The Hall–Kier alpha value is -2.12. The second kappa shape index (κ2) is 10.6. The number of nitrogens with two attached hydrogens (primary N) is 1. The lowest BCUT2D eigenvalue weighted by atomic mass is 9.95. The van der Waals surface area contributed by atoms with Gasteiger partial charge in [-0.05, 0) is 42.7 Å². The van der Waals surface area contributed by atoms with Crippen LogP contribution in [0.25, 0.3) is 0 Å². The number of amides is 1. The van der Waals surface area contributed by atoms with E-state index in [1.807, 2.05) is 0 Å². The van der Waals surface area contributed by atoms with Crippen molar-refractivity contribution in [3.8, 4) is 0 Å². The van der Waals surface area contributed by atoms with Crippen LogP contribution in [0.4, 0.5) is 0 Å². The zero-order chi connectivity index (χ0) is 20.6. The minimum Gasteiger partial charge on any atom is -0.393 e. The normalized spacial score (nSPS) is 21.9. The fourth-order valence-corrected chi connectivity index (χ4v) is 4.32. The number of aliphatic hydroxyl groups excluding tert-OH is 1. The summed E-state index contributed by atoms with van der Waals surface area (Å²) in [5.41, 5.74) is 7.89. The third-order valence-corrected chi connectivity index (χ3v) is 5.96. The Labute approximate surface area is 174 Å². The highest BCUT2D eigenvalue weighted by Gasteiger charge is 2.23. The molecule has 0 aromatic heterocycles. The number of nitrogens with one attached hydrogen (secondary N) is 1. The molecule has 2 saturated heterocycles. The molecule has 1 aromatic carbocycles. The molecule has 0 bridgehead atoms. The molecule has 1 unspecified atom stereocenters. The maximum absolute atomic E-state index is 11.2. The van der Waals surface area contributed by atoms with Crippen molar-refractivity contribution in [2.45, 2.75) is 51.3 Å². The van der Waals surface area contributed by atoms with Crippen molar-refractivity contribution in [2.75, 3.05) is 33.2 Å². The van der Waals surface area contributed by atoms with Crippen LogP contribution in [-0.4, -0.2) is 66.1 Å². The molecule has 0 radical (unpaired) electrons. The van der Waals surface area contributed by atoms with E-state index in [0.717, 1.165) is 70.9 Å². The summed E-state index contributed by atoms with van der Waals surface area (Å²) in [4.78, 5) is 20.3. The standard InChI is InChI=1S/C22H35N5O2/c1-24-22(27-10-2-3-19(16-27)13-21(23)29)25-14-17-4-6-18(7-5-17)15-26-11-8-20(28)9-12-26/h4-7,19-20,28H,2-3,8-16H2,1H3,(H2,23,29)(H,24,25). The zero-order valence-electron chi connectivity index (χ0n) is 17.5. The first-order valence-electron chi connectivity index (χ1n) is 10.8. The monoisotopic (exact) mass is 401 g/mol. The summed E-state index contributed by atoms with van der Waals surface area (Å²) in [6.45, 7) is 5.38. The predicted molar refractivity (Wildman–Crippen MR) is 115 cm³/mol. The Morgan fingerprint density at radius 1 is 1.17 bits per heavy atom. The smallest absolute Gasteiger partial charge is 0.217 e. The van der Waals surface area contributed by atoms with Crippen LogP contribution >= 0.6 is 0 Å². The number of aliphatic hydroxyl groups is 1. The molecule has 0 saturated carbocycles. The second-order valence-corrected chi connectivity index (χ2v) is 8.35. The third-order valence-electron chi connectivity index (χ3n) is 5.96. The van der Waals surface area contributed by atoms with Gasteiger partial charge in [0, 0.05) is 52.7 Å². The molecule has 3 rings (SSSR count). The molecule has 2 fully saturated rings. The maximum atomic E-state index is 11.2. The van der Waals surface area contributed by atoms with Gasteiger partial charge >= 0.3 is 0 Å². The van der Waals surface area contributed by atoms with Gasteiger partial charge in [0.2, 0.25) is 5.91 Å². The minimum absolute atomic E-state index is 0.125. The molecule has 1 amide bonds. The van der Waals surface area contributed by atoms with Gasteiger partial charge in [0.15, 0.2) is 5.96 Å². The number of benzene rings is 1. The van der Waals surface area contributed by atoms with Crippen LogP contribution in [0.1, 0.15) is 43.2 Å². The number of nitrogens with zero attached hydrogens (tertiary/aromatic N) is 3. The predicted octanol–water partition coefficient (Wildman–Crippen LogP) is 1.31. The van der Waals surface area contributed by atoms with Crippen molar-refractivity contribution < 1.29 is 9.90 Å². The van der Waals surface area contributed by atoms with Crippen LogP contribution in [0.5, 0.6) is 0 Å². The van der Waals surface area contributed by atoms with Crippen molar-refractivity contribution in [1.29, 1.82) is 0 Å². The number of hydrogen-bond donors (Lipinski definition) is 3. The molecule has 0 aliphatic carbocycles. The lowest BCUT2D eigenvalue weighted by Crippen LogP contribution is -2.46. The van der Waals surface area contributed by atoms with Gasteiger partial charge in [-0.15, -0.1) is 0 Å². The van der Waals surface area contributed by atoms with Crippen molar-refractivity contribution in [3.05, 3.63) is 35.4 Å². The number of piperidine rings is 2. The van der Waals surface area contributed by atoms with E-state index in [2.05, 4.69) is 44.4 Å². The molecule has 29 heavy (non-hydrogen) atoms. The van der Waals surface area contributed by atoms with E-state index in [1.54, 1.807) is 7.05 Å². The summed E-state index contributed by atoms with van der Waals surface area (Å²) in [6, 6.07) is 8.71. The molecule has 0 spiro atoms. The molecule has 1 atom stereocenters. The number of primary amides is 1. The van der Waals surface area contributed by atoms with Crippen LogP contribution in [0.3, 0.4) is 0 Å². The molecular formula is C22H35N5O2. The van der Waals surface area contributed by atoms with E-state index in [1.165, 1.54) is 11.1 Å². The van der Waals surface area contributed by atoms with Crippen LogP contribution in [-0.2, 0) is 17.9 Å². The molecule has 2 aliphatic heterocycles. The van der Waals surface area contributed by atoms with Crippen molar-refractivity contribution >= 4 is 11.9 Å². The first kappa shape index (κ1) is 21.6. The van der Waals surface area contributed by atoms with Crippen molar-refractivity contribution in [1.82, 2.24) is 15.1 Å². The van der Waals surface area contributed by atoms with Crippen molar-refractivity contribution in [2.24, 2.45) is 16.6 Å². The second-order valence-electron chi connectivity index (χ2n) is 8.35. The number of guanidine groups is 1. The fourth-order valence-electron chi connectivity index (χ4n) is 4.32. The molecular weight excluding hydrogens is 366 g/mol. The van der Waals surface area contributed by atoms with Crippen LogP contribution < -0.4 is 11.1 Å². The minimum atomic E-state index is -0.222. The topological polar surface area (TPSA) is 94.2 Å². The average molecular weight is 402 g/mol. The summed E-state index contributed by atoms with van der Waals surface area (Å²) in [5, 5.41) is 13.1. The van der Waals surface area contributed by atoms with Crippen molar-refractivity contribution in [3.63, 3.8) is 0 Å². The number of hydrogen-bond acceptors (Lipinski definition) is 4. The lowest BCUT2D eigenvalue weighted by Gasteiger charge is -2.34. The van der Waals surface area contributed by atoms with E-state index in [4.69, 9.17) is 5.73 Å². The molecule has 160 valence electrons. The van der Waals surface area contributed by atoms with Crippen LogP contribution in [0.2, 0.25) is 0 Å². The largest absolute Gasteiger partial charge is 0.393 e. The van der Waals surface area contributed by atoms with Gasteiger partial charge in [-0.2, -0.15) is 0 Å². The number of rotatable bonds is 6. The van der Waals surface area contributed by atoms with E-state index < -0.39 is 0 Å². The number of carbonyl (C=O) groups excluding carboxylic acids is 1. The molecule has 7 heteroatoms. The Morgan fingerprint density at radius 3 is 2.52 bits per heavy atom. The highest BCUT2D eigenvalue weighted by atomic mass is 16.3. The van der Waals surface area contributed by atoms with Gasteiger partial charge in [-0.25, -0.2) is 0 Å². The highest BCUT2D eigenvalue weighted by molar-refractivity contribution is 5.80. The summed E-state index contributed by atoms with van der Waals surface area (Å²) >= 11 is 0. The highest BCUT2D eigenvalue weighted by Crippen LogP contribution is 2.19. The van der Waals surface area contributed by atoms with E-state index >= 15 is 0 Å².